The Morgan fingerprint density at radius 1 is 1.91 bits per heavy atom. The Morgan fingerprint density at radius 3 is 3.09 bits per heavy atom. The summed E-state index contributed by atoms with van der Waals surface area (Å²) in [4.78, 5) is 14.1. The molecule has 11 heavy (non-hydrogen) atoms. The van der Waals surface area contributed by atoms with E-state index in [2.05, 4.69) is 4.99 Å². The second-order valence-electron chi connectivity index (χ2n) is 2.41. The molecule has 0 fully saturated rings. The average molecular weight is 154 g/mol. The van der Waals surface area contributed by atoms with Gasteiger partial charge in [0, 0.05) is 18.3 Å². The van der Waals surface area contributed by atoms with E-state index < -0.39 is 12.0 Å². The van der Waals surface area contributed by atoms with E-state index in [1.807, 2.05) is 6.08 Å². The Hall–Kier alpha value is -1.16. The molecule has 1 aliphatic heterocycles. The van der Waals surface area contributed by atoms with Crippen LogP contribution in [0.25, 0.3) is 0 Å². The van der Waals surface area contributed by atoms with Crippen molar-refractivity contribution in [1.82, 2.24) is 0 Å². The molecule has 60 valence electrons. The first-order chi connectivity index (χ1) is 5.20. The lowest BCUT2D eigenvalue weighted by Gasteiger charge is -2.06. The number of aliphatic carboxylic acids is 1. The van der Waals surface area contributed by atoms with Crippen molar-refractivity contribution in [3.05, 3.63) is 12.3 Å². The van der Waals surface area contributed by atoms with Crippen LogP contribution in [0.1, 0.15) is 12.8 Å². The SMILES string of the molecule is NC(CC(=O)O)C1=NC=CC1. The first-order valence-corrected chi connectivity index (χ1v) is 3.39. The van der Waals surface area contributed by atoms with Gasteiger partial charge in [-0.25, -0.2) is 0 Å². The molecule has 0 bridgehead atoms. The van der Waals surface area contributed by atoms with Crippen LogP contribution in [0.2, 0.25) is 0 Å². The van der Waals surface area contributed by atoms with Gasteiger partial charge in [-0.3, -0.25) is 9.79 Å². The minimum absolute atomic E-state index is 0.0412. The lowest BCUT2D eigenvalue weighted by molar-refractivity contribution is -0.137. The molecule has 0 aliphatic carbocycles. The van der Waals surface area contributed by atoms with Gasteiger partial charge in [0.25, 0.3) is 0 Å². The summed E-state index contributed by atoms with van der Waals surface area (Å²) in [6.45, 7) is 0. The molecule has 0 spiro atoms. The van der Waals surface area contributed by atoms with E-state index in [4.69, 9.17) is 10.8 Å². The van der Waals surface area contributed by atoms with E-state index in [9.17, 15) is 4.79 Å². The smallest absolute Gasteiger partial charge is 0.305 e. The van der Waals surface area contributed by atoms with Crippen LogP contribution < -0.4 is 5.73 Å². The molecular weight excluding hydrogens is 144 g/mol. The first kappa shape index (κ1) is 7.94. The number of carbonyl (C=O) groups is 1. The monoisotopic (exact) mass is 154 g/mol. The molecule has 0 radical (unpaired) electrons. The number of hydrogen-bond donors (Lipinski definition) is 2. The average Bonchev–Trinajstić information content (AvgIpc) is 2.35. The van der Waals surface area contributed by atoms with Crippen LogP contribution in [0.5, 0.6) is 0 Å². The van der Waals surface area contributed by atoms with Gasteiger partial charge in [0.15, 0.2) is 0 Å². The number of carboxylic acid groups (broad SMARTS) is 1. The fourth-order valence-corrected chi connectivity index (χ4v) is 0.928. The van der Waals surface area contributed by atoms with Gasteiger partial charge in [-0.05, 0) is 0 Å². The second-order valence-corrected chi connectivity index (χ2v) is 2.41. The standard InChI is InChI=1S/C7H10N2O2/c8-5(4-7(10)11)6-2-1-3-9-6/h1,3,5H,2,4,8H2,(H,10,11). The number of hydrogen-bond acceptors (Lipinski definition) is 3. The maximum absolute atomic E-state index is 10.2. The zero-order valence-corrected chi connectivity index (χ0v) is 6.03. The highest BCUT2D eigenvalue weighted by Gasteiger charge is 2.14. The molecule has 4 nitrogen and oxygen atoms in total. The summed E-state index contributed by atoms with van der Waals surface area (Å²) in [7, 11) is 0. The normalized spacial score (nSPS) is 18.1. The van der Waals surface area contributed by atoms with Gasteiger partial charge >= 0.3 is 5.97 Å². The van der Waals surface area contributed by atoms with Gasteiger partial charge in [0.05, 0.1) is 12.5 Å². The largest absolute Gasteiger partial charge is 0.481 e. The highest BCUT2D eigenvalue weighted by atomic mass is 16.4. The van der Waals surface area contributed by atoms with Crippen molar-refractivity contribution in [2.45, 2.75) is 18.9 Å². The van der Waals surface area contributed by atoms with E-state index in [-0.39, 0.29) is 6.42 Å². The molecule has 1 heterocycles. The lowest BCUT2D eigenvalue weighted by atomic mass is 10.1. The van der Waals surface area contributed by atoms with Gasteiger partial charge in [-0.1, -0.05) is 6.08 Å². The molecule has 0 aromatic heterocycles. The van der Waals surface area contributed by atoms with Crippen molar-refractivity contribution in [1.29, 1.82) is 0 Å². The fourth-order valence-electron chi connectivity index (χ4n) is 0.928. The lowest BCUT2D eigenvalue weighted by Crippen LogP contribution is -2.31. The van der Waals surface area contributed by atoms with Crippen LogP contribution in [0.3, 0.4) is 0 Å². The van der Waals surface area contributed by atoms with Gasteiger partial charge in [-0.2, -0.15) is 0 Å². The number of aliphatic imine (C=N–C) groups is 1. The van der Waals surface area contributed by atoms with Gasteiger partial charge in [0.1, 0.15) is 0 Å². The van der Waals surface area contributed by atoms with E-state index in [1.165, 1.54) is 0 Å². The molecule has 0 amide bonds. The fraction of sp³-hybridized carbons (Fsp3) is 0.429. The molecule has 0 aromatic rings. The number of nitrogens with zero attached hydrogens (tertiary/aromatic N) is 1. The maximum atomic E-state index is 10.2. The summed E-state index contributed by atoms with van der Waals surface area (Å²) < 4.78 is 0. The molecule has 0 saturated carbocycles. The van der Waals surface area contributed by atoms with E-state index in [0.717, 1.165) is 5.71 Å². The van der Waals surface area contributed by atoms with Crippen molar-refractivity contribution < 1.29 is 9.90 Å². The molecular formula is C7H10N2O2. The highest BCUT2D eigenvalue weighted by Crippen LogP contribution is 2.04. The predicted octanol–water partition coefficient (Wildman–Crippen LogP) is 0.147. The third kappa shape index (κ3) is 2.16. The van der Waals surface area contributed by atoms with Crippen LogP contribution in [-0.4, -0.2) is 22.8 Å². The zero-order chi connectivity index (χ0) is 8.27. The summed E-state index contributed by atoms with van der Waals surface area (Å²) in [6.07, 6.45) is 4.16. The predicted molar refractivity (Wildman–Crippen MR) is 41.4 cm³/mol. The van der Waals surface area contributed by atoms with Crippen LogP contribution in [-0.2, 0) is 4.79 Å². The number of nitrogens with two attached hydrogens (primary N) is 1. The second kappa shape index (κ2) is 3.30. The molecule has 3 N–H and O–H groups in total. The number of allylic oxidation sites excluding steroid dienone is 1. The summed E-state index contributed by atoms with van der Waals surface area (Å²) in [5.41, 5.74) is 6.29. The van der Waals surface area contributed by atoms with Gasteiger partial charge in [0.2, 0.25) is 0 Å². The Kier molecular flexibility index (Phi) is 2.38. The van der Waals surface area contributed by atoms with E-state index in [1.54, 1.807) is 6.20 Å². The molecule has 1 unspecified atom stereocenters. The van der Waals surface area contributed by atoms with Crippen LogP contribution in [0.15, 0.2) is 17.3 Å². The highest BCUT2D eigenvalue weighted by molar-refractivity contribution is 5.94. The quantitative estimate of drug-likeness (QED) is 0.607. The number of rotatable bonds is 3. The number of carboxylic acids is 1. The Balaban J connectivity index is 2.42. The molecule has 1 aliphatic rings. The molecule has 1 rings (SSSR count). The summed E-state index contributed by atoms with van der Waals surface area (Å²) >= 11 is 0. The Labute approximate surface area is 64.4 Å². The third-order valence-corrected chi connectivity index (χ3v) is 1.50. The molecule has 1 atom stereocenters. The van der Waals surface area contributed by atoms with Crippen LogP contribution in [0, 0.1) is 0 Å². The maximum Gasteiger partial charge on any atom is 0.305 e. The first-order valence-electron chi connectivity index (χ1n) is 3.39. The van der Waals surface area contributed by atoms with E-state index in [0.29, 0.717) is 6.42 Å². The van der Waals surface area contributed by atoms with Gasteiger partial charge in [-0.15, -0.1) is 0 Å². The van der Waals surface area contributed by atoms with Crippen molar-refractivity contribution >= 4 is 11.7 Å². The van der Waals surface area contributed by atoms with Crippen molar-refractivity contribution in [2.75, 3.05) is 0 Å². The molecule has 4 heteroatoms. The van der Waals surface area contributed by atoms with Gasteiger partial charge < -0.3 is 10.8 Å². The summed E-state index contributed by atoms with van der Waals surface area (Å²) in [5, 5.41) is 8.39. The summed E-state index contributed by atoms with van der Waals surface area (Å²) in [5.74, 6) is -0.882. The minimum atomic E-state index is -0.882. The third-order valence-electron chi connectivity index (χ3n) is 1.50. The minimum Gasteiger partial charge on any atom is -0.481 e. The van der Waals surface area contributed by atoms with Crippen molar-refractivity contribution in [3.8, 4) is 0 Å². The topological polar surface area (TPSA) is 75.7 Å². The van der Waals surface area contributed by atoms with E-state index >= 15 is 0 Å². The van der Waals surface area contributed by atoms with Crippen molar-refractivity contribution in [3.63, 3.8) is 0 Å². The van der Waals surface area contributed by atoms with Crippen LogP contribution in [0.4, 0.5) is 0 Å². The van der Waals surface area contributed by atoms with Crippen LogP contribution >= 0.6 is 0 Å². The summed E-state index contributed by atoms with van der Waals surface area (Å²) in [6, 6.07) is -0.428. The Morgan fingerprint density at radius 2 is 2.64 bits per heavy atom. The zero-order valence-electron chi connectivity index (χ0n) is 6.03. The molecule has 0 aromatic carbocycles. The van der Waals surface area contributed by atoms with Crippen molar-refractivity contribution in [2.24, 2.45) is 10.7 Å². The molecule has 0 saturated heterocycles. The Bertz CT molecular complexity index is 220.